The molecular weight excluding hydrogens is 378 g/mol. The van der Waals surface area contributed by atoms with Gasteiger partial charge in [-0.3, -0.25) is 0 Å². The van der Waals surface area contributed by atoms with Gasteiger partial charge in [0.15, 0.2) is 0 Å². The molecule has 30 heavy (non-hydrogen) atoms. The third-order valence-corrected chi connectivity index (χ3v) is 5.30. The third-order valence-electron chi connectivity index (χ3n) is 5.30. The van der Waals surface area contributed by atoms with Crippen LogP contribution in [0.2, 0.25) is 0 Å². The second kappa shape index (κ2) is 9.96. The van der Waals surface area contributed by atoms with Gasteiger partial charge in [0.1, 0.15) is 0 Å². The normalized spacial score (nSPS) is 11.6. The fourth-order valence-corrected chi connectivity index (χ4v) is 3.64. The van der Waals surface area contributed by atoms with Crippen molar-refractivity contribution < 1.29 is 8.78 Å². The molecule has 158 valence electrons. The molecule has 3 aromatic carbocycles. The number of aryl methyl sites for hydroxylation is 2. The predicted molar refractivity (Wildman–Crippen MR) is 122 cm³/mol. The lowest BCUT2D eigenvalue weighted by Gasteiger charge is -2.16. The average Bonchev–Trinajstić information content (AvgIpc) is 2.75. The fourth-order valence-electron chi connectivity index (χ4n) is 3.64. The van der Waals surface area contributed by atoms with E-state index in [-0.39, 0.29) is 5.56 Å². The predicted octanol–water partition coefficient (Wildman–Crippen LogP) is 5.91. The molecule has 0 aliphatic carbocycles. The minimum atomic E-state index is -2.92. The molecule has 0 saturated carbocycles. The van der Waals surface area contributed by atoms with Crippen LogP contribution in [0.1, 0.15) is 36.5 Å². The molecule has 0 fully saturated rings. The highest BCUT2D eigenvalue weighted by atomic mass is 19.3. The SMILES string of the molecule is CC(F)(F)c1cc(-c2cccc(CCCN)c2)cc(-c2cccc(CCCN)c2)c1. The largest absolute Gasteiger partial charge is 0.330 e. The average molecular weight is 409 g/mol. The van der Waals surface area contributed by atoms with Crippen molar-refractivity contribution >= 4 is 0 Å². The Morgan fingerprint density at radius 2 is 1.13 bits per heavy atom. The van der Waals surface area contributed by atoms with Crippen LogP contribution in [0.15, 0.2) is 66.7 Å². The second-order valence-corrected chi connectivity index (χ2v) is 7.87. The van der Waals surface area contributed by atoms with Crippen LogP contribution in [0.3, 0.4) is 0 Å². The Morgan fingerprint density at radius 3 is 1.53 bits per heavy atom. The number of hydrogen-bond donors (Lipinski definition) is 2. The van der Waals surface area contributed by atoms with Gasteiger partial charge in [-0.05, 0) is 90.4 Å². The molecule has 0 saturated heterocycles. The summed E-state index contributed by atoms with van der Waals surface area (Å²) in [5.74, 6) is -2.92. The van der Waals surface area contributed by atoms with Gasteiger partial charge in [0.25, 0.3) is 5.92 Å². The van der Waals surface area contributed by atoms with E-state index in [1.54, 1.807) is 12.1 Å². The second-order valence-electron chi connectivity index (χ2n) is 7.87. The molecule has 0 spiro atoms. The molecule has 2 nitrogen and oxygen atoms in total. The quantitative estimate of drug-likeness (QED) is 0.462. The lowest BCUT2D eigenvalue weighted by Crippen LogP contribution is -2.07. The molecule has 0 aliphatic heterocycles. The number of halogens is 2. The van der Waals surface area contributed by atoms with Crippen molar-refractivity contribution in [3.8, 4) is 22.3 Å². The first kappa shape index (κ1) is 22.1. The summed E-state index contributed by atoms with van der Waals surface area (Å²) in [4.78, 5) is 0. The Balaban J connectivity index is 2.06. The summed E-state index contributed by atoms with van der Waals surface area (Å²) < 4.78 is 28.6. The highest BCUT2D eigenvalue weighted by Crippen LogP contribution is 2.35. The van der Waals surface area contributed by atoms with Crippen molar-refractivity contribution in [2.45, 2.75) is 38.5 Å². The minimum absolute atomic E-state index is 0.0229. The van der Waals surface area contributed by atoms with E-state index in [9.17, 15) is 8.78 Å². The van der Waals surface area contributed by atoms with Gasteiger partial charge in [-0.15, -0.1) is 0 Å². The lowest BCUT2D eigenvalue weighted by atomic mass is 9.92. The van der Waals surface area contributed by atoms with Crippen LogP contribution in [0, 0.1) is 0 Å². The van der Waals surface area contributed by atoms with Gasteiger partial charge < -0.3 is 11.5 Å². The molecule has 0 aliphatic rings. The maximum Gasteiger partial charge on any atom is 0.270 e. The van der Waals surface area contributed by atoms with Gasteiger partial charge in [0.05, 0.1) is 0 Å². The van der Waals surface area contributed by atoms with Gasteiger partial charge in [0.2, 0.25) is 0 Å². The van der Waals surface area contributed by atoms with Crippen molar-refractivity contribution in [3.63, 3.8) is 0 Å². The van der Waals surface area contributed by atoms with Gasteiger partial charge in [-0.1, -0.05) is 48.5 Å². The zero-order valence-electron chi connectivity index (χ0n) is 17.5. The molecule has 4 heteroatoms. The van der Waals surface area contributed by atoms with Crippen LogP contribution >= 0.6 is 0 Å². The van der Waals surface area contributed by atoms with Crippen molar-refractivity contribution in [3.05, 3.63) is 83.4 Å². The Labute approximate surface area is 177 Å². The van der Waals surface area contributed by atoms with Crippen LogP contribution in [0.4, 0.5) is 8.78 Å². The Hall–Kier alpha value is -2.56. The van der Waals surface area contributed by atoms with E-state index < -0.39 is 5.92 Å². The molecule has 0 radical (unpaired) electrons. The molecular formula is C26H30F2N2. The van der Waals surface area contributed by atoms with Crippen molar-refractivity contribution in [2.75, 3.05) is 13.1 Å². The Morgan fingerprint density at radius 1 is 0.667 bits per heavy atom. The maximum absolute atomic E-state index is 14.3. The first-order valence-corrected chi connectivity index (χ1v) is 10.5. The van der Waals surface area contributed by atoms with E-state index in [1.165, 1.54) is 0 Å². The number of alkyl halides is 2. The monoisotopic (exact) mass is 408 g/mol. The molecule has 0 aromatic heterocycles. The summed E-state index contributed by atoms with van der Waals surface area (Å²) in [5, 5.41) is 0. The van der Waals surface area contributed by atoms with Crippen LogP contribution in [-0.2, 0) is 18.8 Å². The van der Waals surface area contributed by atoms with E-state index >= 15 is 0 Å². The number of rotatable bonds is 9. The van der Waals surface area contributed by atoms with Gasteiger partial charge in [-0.2, -0.15) is 0 Å². The highest BCUT2D eigenvalue weighted by molar-refractivity contribution is 5.75. The number of hydrogen-bond acceptors (Lipinski definition) is 2. The highest BCUT2D eigenvalue weighted by Gasteiger charge is 2.25. The van der Waals surface area contributed by atoms with Crippen LogP contribution in [0.25, 0.3) is 22.3 Å². The molecule has 0 heterocycles. The summed E-state index contributed by atoms with van der Waals surface area (Å²) in [6.07, 6.45) is 3.56. The number of benzene rings is 3. The molecule has 3 aromatic rings. The molecule has 0 atom stereocenters. The standard InChI is InChI=1S/C26H30F2N2/c1-26(27,28)25-17-23(21-10-2-6-19(14-21)8-4-12-29)16-24(18-25)22-11-3-7-20(15-22)9-5-13-30/h2-3,6-7,10-11,14-18H,4-5,8-9,12-13,29-30H2,1H3. The van der Waals surface area contributed by atoms with Crippen molar-refractivity contribution in [2.24, 2.45) is 11.5 Å². The van der Waals surface area contributed by atoms with Crippen LogP contribution in [0.5, 0.6) is 0 Å². The molecule has 3 rings (SSSR count). The summed E-state index contributed by atoms with van der Waals surface area (Å²) in [6, 6.07) is 21.4. The van der Waals surface area contributed by atoms with E-state index in [2.05, 4.69) is 24.3 Å². The lowest BCUT2D eigenvalue weighted by molar-refractivity contribution is 0.0175. The summed E-state index contributed by atoms with van der Waals surface area (Å²) in [7, 11) is 0. The van der Waals surface area contributed by atoms with Crippen molar-refractivity contribution in [1.82, 2.24) is 0 Å². The molecule has 0 bridgehead atoms. The Bertz CT molecular complexity index is 907. The van der Waals surface area contributed by atoms with Gasteiger partial charge >= 0.3 is 0 Å². The maximum atomic E-state index is 14.3. The Kier molecular flexibility index (Phi) is 7.35. The van der Waals surface area contributed by atoms with Crippen LogP contribution in [-0.4, -0.2) is 13.1 Å². The molecule has 0 unspecified atom stereocenters. The van der Waals surface area contributed by atoms with Gasteiger partial charge in [-0.25, -0.2) is 8.78 Å². The zero-order chi connectivity index (χ0) is 21.6. The summed E-state index contributed by atoms with van der Waals surface area (Å²) in [5.41, 5.74) is 17.1. The fraction of sp³-hybridized carbons (Fsp3) is 0.308. The smallest absolute Gasteiger partial charge is 0.270 e. The first-order chi connectivity index (χ1) is 14.4. The third kappa shape index (κ3) is 5.74. The van der Waals surface area contributed by atoms with E-state index in [1.807, 2.05) is 30.3 Å². The number of nitrogens with two attached hydrogens (primary N) is 2. The minimum Gasteiger partial charge on any atom is -0.330 e. The van der Waals surface area contributed by atoms with E-state index in [0.717, 1.165) is 66.0 Å². The molecule has 0 amide bonds. The van der Waals surface area contributed by atoms with E-state index in [0.29, 0.717) is 13.1 Å². The molecule has 4 N–H and O–H groups in total. The van der Waals surface area contributed by atoms with E-state index in [4.69, 9.17) is 11.5 Å². The summed E-state index contributed by atoms with van der Waals surface area (Å²) in [6.45, 7) is 2.21. The van der Waals surface area contributed by atoms with Crippen LogP contribution < -0.4 is 11.5 Å². The van der Waals surface area contributed by atoms with Gasteiger partial charge in [0, 0.05) is 12.5 Å². The summed E-state index contributed by atoms with van der Waals surface area (Å²) >= 11 is 0. The first-order valence-electron chi connectivity index (χ1n) is 10.5. The topological polar surface area (TPSA) is 52.0 Å². The zero-order valence-corrected chi connectivity index (χ0v) is 17.5. The van der Waals surface area contributed by atoms with Crippen molar-refractivity contribution in [1.29, 1.82) is 0 Å².